The first-order chi connectivity index (χ1) is 7.06. The van der Waals surface area contributed by atoms with E-state index in [1.54, 1.807) is 18.0 Å². The Hall–Kier alpha value is -1.52. The highest BCUT2D eigenvalue weighted by Gasteiger charge is 2.18. The van der Waals surface area contributed by atoms with Crippen molar-refractivity contribution in [1.29, 1.82) is 0 Å². The highest BCUT2D eigenvalue weighted by molar-refractivity contribution is 5.92. The maximum absolute atomic E-state index is 11.9. The van der Waals surface area contributed by atoms with Gasteiger partial charge in [-0.3, -0.25) is 9.89 Å². The van der Waals surface area contributed by atoms with Crippen molar-refractivity contribution in [2.75, 3.05) is 12.8 Å². The fraction of sp³-hybridized carbons (Fsp3) is 0.600. The fourth-order valence-electron chi connectivity index (χ4n) is 1.45. The Labute approximate surface area is 89.6 Å². The number of aromatic amines is 1. The van der Waals surface area contributed by atoms with Crippen LogP contribution in [0, 0.1) is 0 Å². The van der Waals surface area contributed by atoms with E-state index in [0.29, 0.717) is 11.5 Å². The lowest BCUT2D eigenvalue weighted by atomic mass is 10.1. The van der Waals surface area contributed by atoms with Gasteiger partial charge in [0.15, 0.2) is 0 Å². The molecule has 0 saturated carbocycles. The van der Waals surface area contributed by atoms with Gasteiger partial charge >= 0.3 is 0 Å². The summed E-state index contributed by atoms with van der Waals surface area (Å²) in [7, 11) is 1.79. The van der Waals surface area contributed by atoms with Crippen LogP contribution in [0.15, 0.2) is 6.07 Å². The van der Waals surface area contributed by atoms with Gasteiger partial charge in [0.2, 0.25) is 0 Å². The molecule has 3 N–H and O–H groups in total. The number of rotatable bonds is 4. The molecule has 1 aromatic rings. The van der Waals surface area contributed by atoms with Crippen LogP contribution in [0.5, 0.6) is 0 Å². The topological polar surface area (TPSA) is 75.0 Å². The van der Waals surface area contributed by atoms with Crippen LogP contribution in [0.4, 0.5) is 5.82 Å². The molecule has 0 aliphatic carbocycles. The summed E-state index contributed by atoms with van der Waals surface area (Å²) in [6, 6.07) is 1.78. The summed E-state index contributed by atoms with van der Waals surface area (Å²) in [4.78, 5) is 13.6. The lowest BCUT2D eigenvalue weighted by Gasteiger charge is -2.23. The molecule has 1 atom stereocenters. The van der Waals surface area contributed by atoms with E-state index >= 15 is 0 Å². The zero-order valence-electron chi connectivity index (χ0n) is 9.45. The lowest BCUT2D eigenvalue weighted by molar-refractivity contribution is 0.0731. The lowest BCUT2D eigenvalue weighted by Crippen LogP contribution is -2.35. The van der Waals surface area contributed by atoms with Gasteiger partial charge in [0, 0.05) is 19.2 Å². The predicted molar refractivity (Wildman–Crippen MR) is 59.5 cm³/mol. The largest absolute Gasteiger partial charge is 0.382 e. The number of aromatic nitrogens is 2. The molecule has 1 amide bonds. The Morgan fingerprint density at radius 3 is 2.87 bits per heavy atom. The number of nitrogens with zero attached hydrogens (tertiary/aromatic N) is 2. The van der Waals surface area contributed by atoms with E-state index in [2.05, 4.69) is 17.1 Å². The zero-order valence-corrected chi connectivity index (χ0v) is 9.45. The minimum absolute atomic E-state index is 0.0693. The van der Waals surface area contributed by atoms with Crippen molar-refractivity contribution >= 4 is 11.7 Å². The molecule has 1 heterocycles. The zero-order chi connectivity index (χ0) is 11.4. The molecular weight excluding hydrogens is 192 g/mol. The van der Waals surface area contributed by atoms with Gasteiger partial charge < -0.3 is 10.6 Å². The van der Waals surface area contributed by atoms with Gasteiger partial charge in [0.25, 0.3) is 5.91 Å². The van der Waals surface area contributed by atoms with Crippen LogP contribution in [-0.2, 0) is 0 Å². The smallest absolute Gasteiger partial charge is 0.271 e. The number of amides is 1. The number of hydrogen-bond acceptors (Lipinski definition) is 3. The third kappa shape index (κ3) is 2.71. The SMILES string of the molecule is CCCC(C)N(C)C(=O)c1cc(N)n[nH]1. The normalized spacial score (nSPS) is 12.5. The molecule has 1 aromatic heterocycles. The highest BCUT2D eigenvalue weighted by atomic mass is 16.2. The van der Waals surface area contributed by atoms with Crippen LogP contribution in [0.1, 0.15) is 37.2 Å². The van der Waals surface area contributed by atoms with Crippen LogP contribution in [0.25, 0.3) is 0 Å². The summed E-state index contributed by atoms with van der Waals surface area (Å²) < 4.78 is 0. The van der Waals surface area contributed by atoms with Crippen LogP contribution in [0.3, 0.4) is 0 Å². The molecule has 0 saturated heterocycles. The average Bonchev–Trinajstić information content (AvgIpc) is 2.63. The van der Waals surface area contributed by atoms with Crippen molar-refractivity contribution in [3.63, 3.8) is 0 Å². The summed E-state index contributed by atoms with van der Waals surface area (Å²) in [5, 5.41) is 6.35. The Morgan fingerprint density at radius 1 is 1.73 bits per heavy atom. The number of hydrogen-bond donors (Lipinski definition) is 2. The van der Waals surface area contributed by atoms with Crippen molar-refractivity contribution in [3.05, 3.63) is 11.8 Å². The van der Waals surface area contributed by atoms with E-state index in [0.717, 1.165) is 12.8 Å². The molecule has 0 fully saturated rings. The van der Waals surface area contributed by atoms with Crippen LogP contribution in [0.2, 0.25) is 0 Å². The molecule has 5 heteroatoms. The minimum atomic E-state index is -0.0693. The molecule has 0 bridgehead atoms. The third-order valence-corrected chi connectivity index (χ3v) is 2.52. The van der Waals surface area contributed by atoms with E-state index in [1.807, 2.05) is 6.92 Å². The monoisotopic (exact) mass is 210 g/mol. The van der Waals surface area contributed by atoms with Gasteiger partial charge in [0.1, 0.15) is 11.5 Å². The molecule has 1 rings (SSSR count). The first-order valence-electron chi connectivity index (χ1n) is 5.14. The standard InChI is InChI=1S/C10H18N4O/c1-4-5-7(2)14(3)10(15)8-6-9(11)13-12-8/h6-7H,4-5H2,1-3H3,(H3,11,12,13). The Kier molecular flexibility index (Phi) is 3.71. The molecule has 0 aliphatic rings. The molecule has 15 heavy (non-hydrogen) atoms. The first-order valence-corrected chi connectivity index (χ1v) is 5.14. The van der Waals surface area contributed by atoms with E-state index < -0.39 is 0 Å². The molecule has 0 spiro atoms. The van der Waals surface area contributed by atoms with Gasteiger partial charge in [-0.2, -0.15) is 5.10 Å². The van der Waals surface area contributed by atoms with Gasteiger partial charge in [0.05, 0.1) is 0 Å². The van der Waals surface area contributed by atoms with Gasteiger partial charge in [-0.05, 0) is 13.3 Å². The second-order valence-electron chi connectivity index (χ2n) is 3.76. The molecule has 0 aliphatic heterocycles. The predicted octanol–water partition coefficient (Wildman–Crippen LogP) is 1.25. The van der Waals surface area contributed by atoms with Gasteiger partial charge in [-0.25, -0.2) is 0 Å². The Bertz CT molecular complexity index is 334. The fourth-order valence-corrected chi connectivity index (χ4v) is 1.45. The average molecular weight is 210 g/mol. The maximum Gasteiger partial charge on any atom is 0.271 e. The van der Waals surface area contributed by atoms with E-state index in [9.17, 15) is 4.79 Å². The van der Waals surface area contributed by atoms with Gasteiger partial charge in [-0.1, -0.05) is 13.3 Å². The minimum Gasteiger partial charge on any atom is -0.382 e. The van der Waals surface area contributed by atoms with Crippen molar-refractivity contribution in [3.8, 4) is 0 Å². The summed E-state index contributed by atoms with van der Waals surface area (Å²) in [5.74, 6) is 0.273. The summed E-state index contributed by atoms with van der Waals surface area (Å²) >= 11 is 0. The summed E-state index contributed by atoms with van der Waals surface area (Å²) in [6.45, 7) is 4.13. The summed E-state index contributed by atoms with van der Waals surface area (Å²) in [6.07, 6.45) is 2.05. The van der Waals surface area contributed by atoms with E-state index in [4.69, 9.17) is 5.73 Å². The Balaban J connectivity index is 2.68. The first kappa shape index (κ1) is 11.6. The second-order valence-corrected chi connectivity index (χ2v) is 3.76. The van der Waals surface area contributed by atoms with Crippen LogP contribution < -0.4 is 5.73 Å². The molecule has 0 radical (unpaired) electrons. The molecule has 0 aromatic carbocycles. The van der Waals surface area contributed by atoms with Crippen LogP contribution in [-0.4, -0.2) is 34.1 Å². The summed E-state index contributed by atoms with van der Waals surface area (Å²) in [5.41, 5.74) is 5.88. The van der Waals surface area contributed by atoms with Gasteiger partial charge in [-0.15, -0.1) is 0 Å². The number of nitrogens with two attached hydrogens (primary N) is 1. The number of H-pyrrole nitrogens is 1. The number of nitrogens with one attached hydrogen (secondary N) is 1. The van der Waals surface area contributed by atoms with Crippen molar-refractivity contribution in [1.82, 2.24) is 15.1 Å². The van der Waals surface area contributed by atoms with E-state index in [-0.39, 0.29) is 11.9 Å². The van der Waals surface area contributed by atoms with Crippen molar-refractivity contribution in [2.45, 2.75) is 32.7 Å². The second kappa shape index (κ2) is 4.82. The maximum atomic E-state index is 11.9. The number of carbonyl (C=O) groups is 1. The number of carbonyl (C=O) groups excluding carboxylic acids is 1. The van der Waals surface area contributed by atoms with E-state index in [1.165, 1.54) is 0 Å². The number of nitrogen functional groups attached to an aromatic ring is 1. The highest BCUT2D eigenvalue weighted by Crippen LogP contribution is 2.09. The molecular formula is C10H18N4O. The van der Waals surface area contributed by atoms with Crippen molar-refractivity contribution < 1.29 is 4.79 Å². The molecule has 5 nitrogen and oxygen atoms in total. The Morgan fingerprint density at radius 2 is 2.40 bits per heavy atom. The molecule has 1 unspecified atom stereocenters. The number of anilines is 1. The third-order valence-electron chi connectivity index (χ3n) is 2.52. The van der Waals surface area contributed by atoms with Crippen LogP contribution >= 0.6 is 0 Å². The quantitative estimate of drug-likeness (QED) is 0.785. The molecule has 84 valence electrons. The van der Waals surface area contributed by atoms with Crippen molar-refractivity contribution in [2.24, 2.45) is 0 Å².